The predicted octanol–water partition coefficient (Wildman–Crippen LogP) is 5.46. The van der Waals surface area contributed by atoms with Crippen LogP contribution >= 0.6 is 0 Å². The second kappa shape index (κ2) is 7.46. The number of rotatable bonds is 4. The van der Waals surface area contributed by atoms with Gasteiger partial charge in [0.05, 0.1) is 23.3 Å². The van der Waals surface area contributed by atoms with Gasteiger partial charge in [0.1, 0.15) is 11.6 Å². The lowest BCUT2D eigenvalue weighted by atomic mass is 10.1. The summed E-state index contributed by atoms with van der Waals surface area (Å²) in [4.78, 5) is 12.8. The molecule has 0 amide bonds. The van der Waals surface area contributed by atoms with Crippen molar-refractivity contribution in [1.29, 1.82) is 0 Å². The molecule has 2 aromatic carbocycles. The summed E-state index contributed by atoms with van der Waals surface area (Å²) in [7, 11) is 0. The van der Waals surface area contributed by atoms with Gasteiger partial charge in [-0.15, -0.1) is 0 Å². The monoisotopic (exact) mass is 398 g/mol. The van der Waals surface area contributed by atoms with E-state index in [0.717, 1.165) is 17.8 Å². The van der Waals surface area contributed by atoms with E-state index in [4.69, 9.17) is 0 Å². The summed E-state index contributed by atoms with van der Waals surface area (Å²) in [6.45, 7) is 0.330. The first-order valence-electron chi connectivity index (χ1n) is 8.69. The zero-order valence-corrected chi connectivity index (χ0v) is 14.9. The zero-order chi connectivity index (χ0) is 20.4. The van der Waals surface area contributed by atoms with Gasteiger partial charge in [-0.3, -0.25) is 4.98 Å². The van der Waals surface area contributed by atoms with Gasteiger partial charge in [-0.2, -0.15) is 13.2 Å². The second-order valence-electron chi connectivity index (χ2n) is 6.28. The van der Waals surface area contributed by atoms with Crippen molar-refractivity contribution in [3.8, 4) is 11.4 Å². The van der Waals surface area contributed by atoms with E-state index in [-0.39, 0.29) is 11.4 Å². The van der Waals surface area contributed by atoms with Crippen LogP contribution < -0.4 is 5.32 Å². The van der Waals surface area contributed by atoms with E-state index < -0.39 is 17.6 Å². The fraction of sp³-hybridized carbons (Fsp3) is 0.0952. The molecule has 4 rings (SSSR count). The first-order chi connectivity index (χ1) is 13.9. The minimum Gasteiger partial charge on any atom is -0.364 e. The average Bonchev–Trinajstić information content (AvgIpc) is 2.72. The molecule has 2 heterocycles. The van der Waals surface area contributed by atoms with E-state index >= 15 is 0 Å². The number of pyridine rings is 1. The fourth-order valence-corrected chi connectivity index (χ4v) is 2.95. The molecule has 146 valence electrons. The summed E-state index contributed by atoms with van der Waals surface area (Å²) in [6, 6.07) is 14.9. The van der Waals surface area contributed by atoms with E-state index in [2.05, 4.69) is 20.3 Å². The number of fused-ring (bicyclic) bond motifs is 1. The molecular formula is C21H14F4N4. The highest BCUT2D eigenvalue weighted by molar-refractivity contribution is 5.90. The quantitative estimate of drug-likeness (QED) is 0.464. The number of nitrogens with zero attached hydrogens (tertiary/aromatic N) is 3. The minimum atomic E-state index is -4.74. The van der Waals surface area contributed by atoms with Gasteiger partial charge < -0.3 is 5.32 Å². The summed E-state index contributed by atoms with van der Waals surface area (Å²) in [5.41, 5.74) is -0.193. The number of anilines is 1. The number of benzene rings is 2. The molecule has 8 heteroatoms. The Morgan fingerprint density at radius 1 is 0.897 bits per heavy atom. The third-order valence-corrected chi connectivity index (χ3v) is 4.29. The van der Waals surface area contributed by atoms with E-state index in [9.17, 15) is 17.6 Å². The molecule has 0 aliphatic carbocycles. The number of hydrogen-bond donors (Lipinski definition) is 1. The molecule has 0 atom stereocenters. The second-order valence-corrected chi connectivity index (χ2v) is 6.28. The molecule has 4 nitrogen and oxygen atoms in total. The Morgan fingerprint density at radius 3 is 2.45 bits per heavy atom. The highest BCUT2D eigenvalue weighted by atomic mass is 19.4. The van der Waals surface area contributed by atoms with Crippen molar-refractivity contribution in [2.75, 3.05) is 5.32 Å². The lowest BCUT2D eigenvalue weighted by Crippen LogP contribution is -2.10. The Hall–Kier alpha value is -3.55. The number of hydrogen-bond acceptors (Lipinski definition) is 4. The van der Waals surface area contributed by atoms with Crippen LogP contribution in [0.15, 0.2) is 66.9 Å². The number of halogens is 4. The van der Waals surface area contributed by atoms with Gasteiger partial charge in [-0.05, 0) is 42.5 Å². The topological polar surface area (TPSA) is 50.7 Å². The highest BCUT2D eigenvalue weighted by Gasteiger charge is 2.35. The van der Waals surface area contributed by atoms with Crippen LogP contribution in [0.1, 0.15) is 11.3 Å². The maximum Gasteiger partial charge on any atom is 0.417 e. The maximum atomic E-state index is 13.5. The summed E-state index contributed by atoms with van der Waals surface area (Å²) in [5.74, 6) is -0.747. The molecule has 0 bridgehead atoms. The molecule has 0 fully saturated rings. The number of alkyl halides is 3. The van der Waals surface area contributed by atoms with Crippen LogP contribution in [0.25, 0.3) is 22.3 Å². The van der Waals surface area contributed by atoms with Gasteiger partial charge in [0.25, 0.3) is 0 Å². The predicted molar refractivity (Wildman–Crippen MR) is 101 cm³/mol. The number of aromatic nitrogens is 3. The number of nitrogens with one attached hydrogen (secondary N) is 1. The third-order valence-electron chi connectivity index (χ3n) is 4.29. The first-order valence-corrected chi connectivity index (χ1v) is 8.69. The standard InChI is InChI=1S/C21H14F4N4/c22-13-8-9-15(17(11-13)21(23,24)25)20-28-18-7-2-1-6-16(18)19(29-20)27-12-14-5-3-4-10-26-14/h1-11H,12H2,(H,27,28,29). The van der Waals surface area contributed by atoms with Crippen LogP contribution in [0, 0.1) is 5.82 Å². The molecule has 0 spiro atoms. The molecule has 4 aromatic rings. The lowest BCUT2D eigenvalue weighted by molar-refractivity contribution is -0.137. The Labute approximate surface area is 163 Å². The van der Waals surface area contributed by atoms with Crippen LogP contribution in [0.4, 0.5) is 23.4 Å². The Morgan fingerprint density at radius 2 is 1.69 bits per heavy atom. The SMILES string of the molecule is Fc1ccc(-c2nc(NCc3ccccn3)c3ccccc3n2)c(C(F)(F)F)c1. The Balaban J connectivity index is 1.83. The summed E-state index contributed by atoms with van der Waals surface area (Å²) < 4.78 is 53.8. The molecule has 1 N–H and O–H groups in total. The van der Waals surface area contributed by atoms with Crippen molar-refractivity contribution in [1.82, 2.24) is 15.0 Å². The molecule has 2 aromatic heterocycles. The van der Waals surface area contributed by atoms with E-state index in [1.165, 1.54) is 0 Å². The van der Waals surface area contributed by atoms with Gasteiger partial charge in [-0.1, -0.05) is 18.2 Å². The minimum absolute atomic E-state index is 0.139. The van der Waals surface area contributed by atoms with Crippen molar-refractivity contribution >= 4 is 16.7 Å². The number of para-hydroxylation sites is 1. The van der Waals surface area contributed by atoms with Crippen molar-refractivity contribution < 1.29 is 17.6 Å². The summed E-state index contributed by atoms with van der Waals surface area (Å²) >= 11 is 0. The van der Waals surface area contributed by atoms with E-state index in [1.807, 2.05) is 12.1 Å². The van der Waals surface area contributed by atoms with Gasteiger partial charge in [0, 0.05) is 17.1 Å². The van der Waals surface area contributed by atoms with Gasteiger partial charge >= 0.3 is 6.18 Å². The molecule has 0 saturated heterocycles. The molecule has 0 aliphatic rings. The fourth-order valence-electron chi connectivity index (χ4n) is 2.95. The third kappa shape index (κ3) is 4.01. The summed E-state index contributed by atoms with van der Waals surface area (Å²) in [6.07, 6.45) is -3.09. The molecule has 29 heavy (non-hydrogen) atoms. The maximum absolute atomic E-state index is 13.5. The van der Waals surface area contributed by atoms with Crippen molar-refractivity contribution in [3.05, 3.63) is 83.9 Å². The molecule has 0 saturated carbocycles. The smallest absolute Gasteiger partial charge is 0.364 e. The lowest BCUT2D eigenvalue weighted by Gasteiger charge is -2.14. The Kier molecular flexibility index (Phi) is 4.84. The van der Waals surface area contributed by atoms with E-state index in [0.29, 0.717) is 29.3 Å². The normalized spacial score (nSPS) is 11.6. The molecular weight excluding hydrogens is 384 g/mol. The van der Waals surface area contributed by atoms with Crippen LogP contribution in [-0.2, 0) is 12.7 Å². The van der Waals surface area contributed by atoms with Crippen molar-refractivity contribution in [2.45, 2.75) is 12.7 Å². The summed E-state index contributed by atoms with van der Waals surface area (Å²) in [5, 5.41) is 3.77. The van der Waals surface area contributed by atoms with Gasteiger partial charge in [0.2, 0.25) is 0 Å². The Bertz CT molecular complexity index is 1160. The van der Waals surface area contributed by atoms with E-state index in [1.54, 1.807) is 36.5 Å². The van der Waals surface area contributed by atoms with Crippen LogP contribution in [0.3, 0.4) is 0 Å². The average molecular weight is 398 g/mol. The molecule has 0 aliphatic heterocycles. The first kappa shape index (κ1) is 18.8. The van der Waals surface area contributed by atoms with Crippen molar-refractivity contribution in [2.24, 2.45) is 0 Å². The van der Waals surface area contributed by atoms with Crippen LogP contribution in [-0.4, -0.2) is 15.0 Å². The van der Waals surface area contributed by atoms with Gasteiger partial charge in [0.15, 0.2) is 5.82 Å². The zero-order valence-electron chi connectivity index (χ0n) is 14.9. The molecule has 0 unspecified atom stereocenters. The largest absolute Gasteiger partial charge is 0.417 e. The molecule has 0 radical (unpaired) electrons. The van der Waals surface area contributed by atoms with Crippen LogP contribution in [0.5, 0.6) is 0 Å². The van der Waals surface area contributed by atoms with Crippen molar-refractivity contribution in [3.63, 3.8) is 0 Å². The van der Waals surface area contributed by atoms with Crippen LogP contribution in [0.2, 0.25) is 0 Å². The van der Waals surface area contributed by atoms with Gasteiger partial charge in [-0.25, -0.2) is 14.4 Å². The highest BCUT2D eigenvalue weighted by Crippen LogP contribution is 2.37.